The number of hydrogen-bond acceptors (Lipinski definition) is 6. The van der Waals surface area contributed by atoms with Gasteiger partial charge in [-0.25, -0.2) is 14.2 Å². The van der Waals surface area contributed by atoms with Crippen LogP contribution in [-0.2, 0) is 9.53 Å². The van der Waals surface area contributed by atoms with Crippen molar-refractivity contribution in [2.45, 2.75) is 24.1 Å². The summed E-state index contributed by atoms with van der Waals surface area (Å²) in [5.41, 5.74) is 1.19. The van der Waals surface area contributed by atoms with E-state index in [1.807, 2.05) is 0 Å². The van der Waals surface area contributed by atoms with Gasteiger partial charge in [-0.3, -0.25) is 9.78 Å². The van der Waals surface area contributed by atoms with E-state index in [-0.39, 0.29) is 23.6 Å². The number of rotatable bonds is 6. The molecule has 1 amide bonds. The van der Waals surface area contributed by atoms with E-state index < -0.39 is 5.69 Å². The minimum absolute atomic E-state index is 0.0771. The molecular weight excluding hydrogens is 385 g/mol. The standard InChI is InChI=1S/C18H18FN5O3S/c19-12-5-3-11(4-6-12)14-9-21-24-16(14)22-17(23-18(24)26)28-10-15(25)20-8-13-2-1-7-27-13/h3-6,9,13H,1-2,7-8,10H2,(H,20,25)(H,22,23,26)/t13-/m1/s1. The van der Waals surface area contributed by atoms with Crippen LogP contribution in [0.4, 0.5) is 4.39 Å². The molecule has 3 heterocycles. The van der Waals surface area contributed by atoms with Gasteiger partial charge in [0.1, 0.15) is 5.82 Å². The van der Waals surface area contributed by atoms with E-state index in [0.717, 1.165) is 35.7 Å². The highest BCUT2D eigenvalue weighted by Gasteiger charge is 2.17. The zero-order valence-corrected chi connectivity index (χ0v) is 15.7. The molecule has 1 aliphatic rings. The molecule has 1 fully saturated rings. The maximum atomic E-state index is 13.2. The Morgan fingerprint density at radius 2 is 2.21 bits per heavy atom. The maximum Gasteiger partial charge on any atom is 0.350 e. The molecule has 146 valence electrons. The molecule has 0 aliphatic carbocycles. The lowest BCUT2D eigenvalue weighted by Gasteiger charge is -2.10. The number of fused-ring (bicyclic) bond motifs is 1. The molecule has 0 bridgehead atoms. The first-order valence-corrected chi connectivity index (χ1v) is 9.84. The molecule has 2 aromatic heterocycles. The number of halogens is 1. The van der Waals surface area contributed by atoms with Gasteiger partial charge in [-0.15, -0.1) is 0 Å². The molecule has 1 aromatic carbocycles. The lowest BCUT2D eigenvalue weighted by molar-refractivity contribution is -0.119. The van der Waals surface area contributed by atoms with Crippen LogP contribution < -0.4 is 11.0 Å². The van der Waals surface area contributed by atoms with Crippen molar-refractivity contribution in [3.8, 4) is 11.1 Å². The van der Waals surface area contributed by atoms with Gasteiger partial charge >= 0.3 is 5.69 Å². The van der Waals surface area contributed by atoms with Gasteiger partial charge in [-0.2, -0.15) is 9.61 Å². The van der Waals surface area contributed by atoms with Crippen molar-refractivity contribution >= 4 is 23.3 Å². The number of nitrogens with one attached hydrogen (secondary N) is 2. The van der Waals surface area contributed by atoms with Crippen molar-refractivity contribution in [3.63, 3.8) is 0 Å². The summed E-state index contributed by atoms with van der Waals surface area (Å²) < 4.78 is 19.8. The van der Waals surface area contributed by atoms with Crippen LogP contribution in [0.2, 0.25) is 0 Å². The normalized spacial score (nSPS) is 16.5. The predicted molar refractivity (Wildman–Crippen MR) is 102 cm³/mol. The van der Waals surface area contributed by atoms with E-state index in [1.165, 1.54) is 18.3 Å². The van der Waals surface area contributed by atoms with Crippen LogP contribution in [0.15, 0.2) is 40.4 Å². The van der Waals surface area contributed by atoms with Crippen molar-refractivity contribution in [1.82, 2.24) is 24.9 Å². The fourth-order valence-electron chi connectivity index (χ4n) is 2.99. The molecule has 28 heavy (non-hydrogen) atoms. The molecule has 4 rings (SSSR count). The fraction of sp³-hybridized carbons (Fsp3) is 0.333. The SMILES string of the molecule is O=C(CSc1nc2c(-c3ccc(F)cc3)cnn2c(=O)[nH]1)NC[C@H]1CCCO1. The number of ether oxygens (including phenoxy) is 1. The Balaban J connectivity index is 1.48. The Bertz CT molecular complexity index is 1040. The molecule has 10 heteroatoms. The topological polar surface area (TPSA) is 101 Å². The summed E-state index contributed by atoms with van der Waals surface area (Å²) in [6.07, 6.45) is 3.55. The predicted octanol–water partition coefficient (Wildman–Crippen LogP) is 1.61. The molecule has 2 N–H and O–H groups in total. The van der Waals surface area contributed by atoms with Gasteiger partial charge in [0.25, 0.3) is 0 Å². The number of amides is 1. The van der Waals surface area contributed by atoms with E-state index in [4.69, 9.17) is 4.74 Å². The second-order valence-corrected chi connectivity index (χ2v) is 7.34. The molecule has 0 saturated carbocycles. The smallest absolute Gasteiger partial charge is 0.350 e. The van der Waals surface area contributed by atoms with Gasteiger partial charge in [0.2, 0.25) is 5.91 Å². The zero-order chi connectivity index (χ0) is 19.5. The molecular formula is C18H18FN5O3S. The third-order valence-corrected chi connectivity index (χ3v) is 5.28. The van der Waals surface area contributed by atoms with E-state index in [1.54, 1.807) is 12.1 Å². The van der Waals surface area contributed by atoms with Gasteiger partial charge in [-0.05, 0) is 30.5 Å². The molecule has 1 aliphatic heterocycles. The maximum absolute atomic E-state index is 13.2. The summed E-state index contributed by atoms with van der Waals surface area (Å²) in [5, 5.41) is 7.18. The number of aromatic amines is 1. The summed E-state index contributed by atoms with van der Waals surface area (Å²) >= 11 is 1.13. The second-order valence-electron chi connectivity index (χ2n) is 6.38. The van der Waals surface area contributed by atoms with Crippen molar-refractivity contribution in [2.24, 2.45) is 0 Å². The average molecular weight is 403 g/mol. The van der Waals surface area contributed by atoms with Crippen LogP contribution in [-0.4, -0.2) is 50.5 Å². The number of benzene rings is 1. The molecule has 0 spiro atoms. The molecule has 8 nitrogen and oxygen atoms in total. The highest BCUT2D eigenvalue weighted by molar-refractivity contribution is 7.99. The summed E-state index contributed by atoms with van der Waals surface area (Å²) in [6, 6.07) is 5.86. The van der Waals surface area contributed by atoms with Gasteiger partial charge in [-0.1, -0.05) is 23.9 Å². The third-order valence-electron chi connectivity index (χ3n) is 4.40. The molecule has 0 radical (unpaired) electrons. The van der Waals surface area contributed by atoms with Crippen LogP contribution in [0.5, 0.6) is 0 Å². The summed E-state index contributed by atoms with van der Waals surface area (Å²) in [6.45, 7) is 1.22. The number of thioether (sulfide) groups is 1. The molecule has 1 atom stereocenters. The highest BCUT2D eigenvalue weighted by atomic mass is 32.2. The first-order chi connectivity index (χ1) is 13.6. The molecule has 3 aromatic rings. The quantitative estimate of drug-likeness (QED) is 0.607. The van der Waals surface area contributed by atoms with E-state index >= 15 is 0 Å². The lowest BCUT2D eigenvalue weighted by Crippen LogP contribution is -2.33. The van der Waals surface area contributed by atoms with Crippen LogP contribution in [0, 0.1) is 5.82 Å². The lowest BCUT2D eigenvalue weighted by atomic mass is 10.1. The summed E-state index contributed by atoms with van der Waals surface area (Å²) in [5.74, 6) is -0.391. The molecule has 0 unspecified atom stereocenters. The first-order valence-electron chi connectivity index (χ1n) is 8.85. The highest BCUT2D eigenvalue weighted by Crippen LogP contribution is 2.24. The number of carbonyl (C=O) groups is 1. The van der Waals surface area contributed by atoms with Crippen molar-refractivity contribution < 1.29 is 13.9 Å². The second kappa shape index (κ2) is 8.11. The Morgan fingerprint density at radius 3 is 2.96 bits per heavy atom. The number of nitrogens with zero attached hydrogens (tertiary/aromatic N) is 3. The van der Waals surface area contributed by atoms with Crippen LogP contribution in [0.3, 0.4) is 0 Å². The van der Waals surface area contributed by atoms with Gasteiger partial charge in [0.05, 0.1) is 18.1 Å². The van der Waals surface area contributed by atoms with E-state index in [2.05, 4.69) is 20.4 Å². The summed E-state index contributed by atoms with van der Waals surface area (Å²) in [7, 11) is 0. The zero-order valence-electron chi connectivity index (χ0n) is 14.9. The van der Waals surface area contributed by atoms with Gasteiger partial charge in [0.15, 0.2) is 10.8 Å². The monoisotopic (exact) mass is 403 g/mol. The van der Waals surface area contributed by atoms with E-state index in [0.29, 0.717) is 28.5 Å². The van der Waals surface area contributed by atoms with Gasteiger partial charge in [0, 0.05) is 18.7 Å². The van der Waals surface area contributed by atoms with Crippen molar-refractivity contribution in [2.75, 3.05) is 18.9 Å². The van der Waals surface area contributed by atoms with E-state index in [9.17, 15) is 14.0 Å². The number of hydrogen-bond donors (Lipinski definition) is 2. The average Bonchev–Trinajstić information content (AvgIpc) is 3.35. The van der Waals surface area contributed by atoms with Crippen LogP contribution >= 0.6 is 11.8 Å². The Hall–Kier alpha value is -2.72. The Morgan fingerprint density at radius 1 is 1.39 bits per heavy atom. The largest absolute Gasteiger partial charge is 0.376 e. The Kier molecular flexibility index (Phi) is 5.40. The minimum Gasteiger partial charge on any atom is -0.376 e. The van der Waals surface area contributed by atoms with Crippen LogP contribution in [0.1, 0.15) is 12.8 Å². The number of carbonyl (C=O) groups excluding carboxylic acids is 1. The fourth-order valence-corrected chi connectivity index (χ4v) is 3.67. The molecule has 1 saturated heterocycles. The minimum atomic E-state index is -0.458. The van der Waals surface area contributed by atoms with Gasteiger partial charge < -0.3 is 10.1 Å². The summed E-state index contributed by atoms with van der Waals surface area (Å²) in [4.78, 5) is 31.3. The van der Waals surface area contributed by atoms with Crippen LogP contribution in [0.25, 0.3) is 16.8 Å². The number of aromatic nitrogens is 4. The Labute approximate surface area is 163 Å². The van der Waals surface area contributed by atoms with Crippen molar-refractivity contribution in [1.29, 1.82) is 0 Å². The first kappa shape index (κ1) is 18.6. The number of H-pyrrole nitrogens is 1. The third kappa shape index (κ3) is 4.07. The van der Waals surface area contributed by atoms with Crippen molar-refractivity contribution in [3.05, 3.63) is 46.8 Å².